The van der Waals surface area contributed by atoms with Crippen molar-refractivity contribution in [2.45, 2.75) is 18.2 Å². The van der Waals surface area contributed by atoms with Crippen LogP contribution >= 0.6 is 0 Å². The van der Waals surface area contributed by atoms with Crippen molar-refractivity contribution < 1.29 is 17.9 Å². The fourth-order valence-electron chi connectivity index (χ4n) is 4.24. The van der Waals surface area contributed by atoms with Gasteiger partial charge in [0.15, 0.2) is 0 Å². The summed E-state index contributed by atoms with van der Waals surface area (Å²) < 4.78 is 33.8. The fraction of sp³-hybridized carbons (Fsp3) is 0.296. The third-order valence-electron chi connectivity index (χ3n) is 6.30. The molecule has 8 heteroatoms. The van der Waals surface area contributed by atoms with Crippen LogP contribution in [0.2, 0.25) is 0 Å². The molecular weight excluding hydrogens is 462 g/mol. The molecule has 1 saturated heterocycles. The molecule has 1 fully saturated rings. The third kappa shape index (κ3) is 5.43. The van der Waals surface area contributed by atoms with Gasteiger partial charge >= 0.3 is 0 Å². The molecule has 0 radical (unpaired) electrons. The number of aryl methyl sites for hydroxylation is 1. The number of methoxy groups -OCH3 is 1. The smallest absolute Gasteiger partial charge is 0.264 e. The molecule has 0 unspecified atom stereocenters. The molecule has 3 aromatic carbocycles. The topological polar surface area (TPSA) is 70.2 Å². The molecule has 7 nitrogen and oxygen atoms in total. The maximum atomic E-state index is 13.5. The molecule has 1 heterocycles. The molecule has 35 heavy (non-hydrogen) atoms. The van der Waals surface area contributed by atoms with Crippen LogP contribution in [0, 0.1) is 0 Å². The summed E-state index contributed by atoms with van der Waals surface area (Å²) in [5.74, 6) is 0.576. The molecule has 1 amide bonds. The third-order valence-corrected chi connectivity index (χ3v) is 8.09. The zero-order valence-corrected chi connectivity index (χ0v) is 20.9. The molecule has 184 valence electrons. The number of carbonyl (C=O) groups excluding carboxylic acids is 1. The van der Waals surface area contributed by atoms with E-state index in [2.05, 4.69) is 4.90 Å². The standard InChI is InChI=1S/C27H31N3O4S/c1-3-22-13-15-23(16-14-22)30(35(32,33)24-9-5-4-6-10-24)21-27(31)29-19-17-28(18-20-29)25-11-7-8-12-26(25)34-2/h4-16H,3,17-21H2,1-2H3. The predicted octanol–water partition coefficient (Wildman–Crippen LogP) is 3.80. The molecule has 0 bridgehead atoms. The summed E-state index contributed by atoms with van der Waals surface area (Å²) in [5.41, 5.74) is 2.57. The van der Waals surface area contributed by atoms with Gasteiger partial charge in [-0.3, -0.25) is 9.10 Å². The van der Waals surface area contributed by atoms with Gasteiger partial charge in [-0.15, -0.1) is 0 Å². The normalized spacial score (nSPS) is 14.0. The van der Waals surface area contributed by atoms with E-state index in [4.69, 9.17) is 4.74 Å². The number of hydrogen-bond donors (Lipinski definition) is 0. The number of para-hydroxylation sites is 2. The zero-order chi connectivity index (χ0) is 24.8. The van der Waals surface area contributed by atoms with Crippen molar-refractivity contribution in [1.29, 1.82) is 0 Å². The minimum atomic E-state index is -3.91. The molecule has 0 aromatic heterocycles. The first kappa shape index (κ1) is 24.6. The van der Waals surface area contributed by atoms with Crippen molar-refractivity contribution >= 4 is 27.3 Å². The number of hydrogen-bond acceptors (Lipinski definition) is 5. The second-order valence-corrected chi connectivity index (χ2v) is 10.2. The summed E-state index contributed by atoms with van der Waals surface area (Å²) in [4.78, 5) is 17.4. The van der Waals surface area contributed by atoms with E-state index in [1.54, 1.807) is 54.5 Å². The van der Waals surface area contributed by atoms with Gasteiger partial charge in [0.2, 0.25) is 5.91 Å². The van der Waals surface area contributed by atoms with Crippen LogP contribution in [0.5, 0.6) is 5.75 Å². The highest BCUT2D eigenvalue weighted by Crippen LogP contribution is 2.29. The number of anilines is 2. The maximum Gasteiger partial charge on any atom is 0.264 e. The highest BCUT2D eigenvalue weighted by atomic mass is 32.2. The number of nitrogens with zero attached hydrogens (tertiary/aromatic N) is 3. The van der Waals surface area contributed by atoms with Crippen LogP contribution in [0.25, 0.3) is 0 Å². The lowest BCUT2D eigenvalue weighted by molar-refractivity contribution is -0.129. The molecular formula is C27H31N3O4S. The number of piperazine rings is 1. The Morgan fingerprint density at radius 3 is 2.14 bits per heavy atom. The van der Waals surface area contributed by atoms with E-state index < -0.39 is 10.0 Å². The van der Waals surface area contributed by atoms with Crippen molar-refractivity contribution in [1.82, 2.24) is 4.90 Å². The number of amides is 1. The highest BCUT2D eigenvalue weighted by Gasteiger charge is 2.30. The van der Waals surface area contributed by atoms with E-state index in [9.17, 15) is 13.2 Å². The van der Waals surface area contributed by atoms with Gasteiger partial charge in [-0.25, -0.2) is 8.42 Å². The molecule has 4 rings (SSSR count). The molecule has 1 aliphatic heterocycles. The summed E-state index contributed by atoms with van der Waals surface area (Å²) in [6.07, 6.45) is 0.848. The minimum absolute atomic E-state index is 0.161. The monoisotopic (exact) mass is 493 g/mol. The number of benzene rings is 3. The van der Waals surface area contributed by atoms with Gasteiger partial charge in [-0.2, -0.15) is 0 Å². The van der Waals surface area contributed by atoms with E-state index in [0.29, 0.717) is 31.9 Å². The second-order valence-electron chi connectivity index (χ2n) is 8.38. The van der Waals surface area contributed by atoms with Crippen LogP contribution in [0.1, 0.15) is 12.5 Å². The highest BCUT2D eigenvalue weighted by molar-refractivity contribution is 7.92. The first-order valence-corrected chi connectivity index (χ1v) is 13.2. The first-order chi connectivity index (χ1) is 16.9. The van der Waals surface area contributed by atoms with E-state index in [1.165, 1.54) is 4.31 Å². The quantitative estimate of drug-likeness (QED) is 0.477. The van der Waals surface area contributed by atoms with Crippen molar-refractivity contribution in [2.24, 2.45) is 0 Å². The van der Waals surface area contributed by atoms with Crippen molar-refractivity contribution in [2.75, 3.05) is 49.0 Å². The van der Waals surface area contributed by atoms with Crippen LogP contribution in [0.3, 0.4) is 0 Å². The molecule has 0 N–H and O–H groups in total. The van der Waals surface area contributed by atoms with E-state index in [-0.39, 0.29) is 17.3 Å². The Morgan fingerprint density at radius 2 is 1.51 bits per heavy atom. The second kappa shape index (κ2) is 10.8. The molecule has 0 saturated carbocycles. The average molecular weight is 494 g/mol. The minimum Gasteiger partial charge on any atom is -0.495 e. The summed E-state index contributed by atoms with van der Waals surface area (Å²) in [7, 11) is -2.27. The van der Waals surface area contributed by atoms with Crippen LogP contribution in [0.15, 0.2) is 83.8 Å². The lowest BCUT2D eigenvalue weighted by atomic mass is 10.1. The Hall–Kier alpha value is -3.52. The Bertz CT molecular complexity index is 1240. The van der Waals surface area contributed by atoms with Crippen molar-refractivity contribution in [3.8, 4) is 5.75 Å². The summed E-state index contributed by atoms with van der Waals surface area (Å²) in [6.45, 7) is 4.08. The Kier molecular flexibility index (Phi) is 7.60. The van der Waals surface area contributed by atoms with Crippen LogP contribution in [0.4, 0.5) is 11.4 Å². The summed E-state index contributed by atoms with van der Waals surface area (Å²) >= 11 is 0. The lowest BCUT2D eigenvalue weighted by Gasteiger charge is -2.37. The Morgan fingerprint density at radius 1 is 0.886 bits per heavy atom. The van der Waals surface area contributed by atoms with Crippen LogP contribution < -0.4 is 13.9 Å². The molecule has 1 aliphatic rings. The number of sulfonamides is 1. The van der Waals surface area contributed by atoms with Gasteiger partial charge in [0, 0.05) is 26.2 Å². The van der Waals surface area contributed by atoms with Gasteiger partial charge in [-0.05, 0) is 48.4 Å². The summed E-state index contributed by atoms with van der Waals surface area (Å²) in [5, 5.41) is 0. The van der Waals surface area contributed by atoms with E-state index >= 15 is 0 Å². The van der Waals surface area contributed by atoms with Gasteiger partial charge < -0.3 is 14.5 Å². The predicted molar refractivity (Wildman–Crippen MR) is 139 cm³/mol. The Balaban J connectivity index is 1.53. The first-order valence-electron chi connectivity index (χ1n) is 11.8. The van der Waals surface area contributed by atoms with Crippen LogP contribution in [-0.2, 0) is 21.2 Å². The van der Waals surface area contributed by atoms with Gasteiger partial charge in [0.1, 0.15) is 12.3 Å². The van der Waals surface area contributed by atoms with E-state index in [0.717, 1.165) is 23.4 Å². The maximum absolute atomic E-state index is 13.5. The van der Waals surface area contributed by atoms with Gasteiger partial charge in [-0.1, -0.05) is 49.4 Å². The van der Waals surface area contributed by atoms with Gasteiger partial charge in [0.05, 0.1) is 23.4 Å². The largest absolute Gasteiger partial charge is 0.495 e. The molecule has 0 aliphatic carbocycles. The SMILES string of the molecule is CCc1ccc(N(CC(=O)N2CCN(c3ccccc3OC)CC2)S(=O)(=O)c2ccccc2)cc1. The van der Waals surface area contributed by atoms with E-state index in [1.807, 2.05) is 43.3 Å². The lowest BCUT2D eigenvalue weighted by Crippen LogP contribution is -2.52. The van der Waals surface area contributed by atoms with Gasteiger partial charge in [0.25, 0.3) is 10.0 Å². The van der Waals surface area contributed by atoms with Crippen LogP contribution in [-0.4, -0.2) is 59.1 Å². The molecule has 3 aromatic rings. The molecule has 0 spiro atoms. The fourth-order valence-corrected chi connectivity index (χ4v) is 5.68. The number of ether oxygens (including phenoxy) is 1. The number of rotatable bonds is 8. The average Bonchev–Trinajstić information content (AvgIpc) is 2.92. The van der Waals surface area contributed by atoms with Crippen molar-refractivity contribution in [3.63, 3.8) is 0 Å². The zero-order valence-electron chi connectivity index (χ0n) is 20.1. The Labute approximate surface area is 207 Å². The van der Waals surface area contributed by atoms with Crippen molar-refractivity contribution in [3.05, 3.63) is 84.4 Å². The summed E-state index contributed by atoms with van der Waals surface area (Å²) in [6, 6.07) is 23.4. The molecule has 0 atom stereocenters. The number of carbonyl (C=O) groups is 1.